The standard InChI is InChI=1S/C30H33N4O5P/c1-5-36-40(35,37-6-2)24-18-34(19-24)17-22-11-13-27(26-10-8-7-9-25(22)26)29-32-30(39-33-29)21-12-14-28(38-20(3)4)23(15-21)16-31/h7-15,20,24H,5-6,17-19H2,1-4H3. The molecule has 208 valence electrons. The Kier molecular flexibility index (Phi) is 8.34. The SMILES string of the molecule is CCOP(=O)(OCC)C1CN(Cc2ccc(-c3noc(-c4ccc(OC(C)C)c(C#N)c4)n3)c3ccccc23)C1. The molecule has 1 aliphatic rings. The molecule has 40 heavy (non-hydrogen) atoms. The number of benzene rings is 3. The maximum Gasteiger partial charge on any atom is 0.336 e. The Morgan fingerprint density at radius 1 is 1.07 bits per heavy atom. The summed E-state index contributed by atoms with van der Waals surface area (Å²) < 4.78 is 35.5. The summed E-state index contributed by atoms with van der Waals surface area (Å²) in [4.78, 5) is 6.91. The first-order chi connectivity index (χ1) is 19.3. The van der Waals surface area contributed by atoms with Gasteiger partial charge in [-0.3, -0.25) is 9.46 Å². The molecular formula is C30H33N4O5P. The van der Waals surface area contributed by atoms with E-state index in [4.69, 9.17) is 18.3 Å². The third-order valence-electron chi connectivity index (χ3n) is 6.79. The van der Waals surface area contributed by atoms with Gasteiger partial charge in [0.15, 0.2) is 0 Å². The quantitative estimate of drug-likeness (QED) is 0.186. The molecule has 0 atom stereocenters. The minimum absolute atomic E-state index is 0.0430. The summed E-state index contributed by atoms with van der Waals surface area (Å²) in [5.74, 6) is 1.32. The molecule has 0 N–H and O–H groups in total. The molecular weight excluding hydrogens is 527 g/mol. The van der Waals surface area contributed by atoms with Crippen molar-refractivity contribution in [3.8, 4) is 34.7 Å². The van der Waals surface area contributed by atoms with Gasteiger partial charge in [0.25, 0.3) is 5.89 Å². The zero-order valence-electron chi connectivity index (χ0n) is 23.2. The molecule has 0 unspecified atom stereocenters. The Balaban J connectivity index is 1.37. The van der Waals surface area contributed by atoms with Crippen LogP contribution in [-0.4, -0.2) is 53.1 Å². The number of likely N-dealkylation sites (tertiary alicyclic amines) is 1. The van der Waals surface area contributed by atoms with Crippen molar-refractivity contribution in [3.63, 3.8) is 0 Å². The molecule has 2 heterocycles. The Bertz CT molecular complexity index is 1580. The lowest BCUT2D eigenvalue weighted by atomic mass is 9.98. The van der Waals surface area contributed by atoms with E-state index in [1.807, 2.05) is 58.0 Å². The van der Waals surface area contributed by atoms with Crippen LogP contribution in [-0.2, 0) is 20.2 Å². The Labute approximate surface area is 234 Å². The van der Waals surface area contributed by atoms with Crippen molar-refractivity contribution < 1.29 is 22.9 Å². The van der Waals surface area contributed by atoms with E-state index in [1.54, 1.807) is 12.1 Å². The van der Waals surface area contributed by atoms with Crippen molar-refractivity contribution in [2.24, 2.45) is 0 Å². The average molecular weight is 561 g/mol. The second-order valence-corrected chi connectivity index (χ2v) is 12.3. The molecule has 0 radical (unpaired) electrons. The van der Waals surface area contributed by atoms with Crippen molar-refractivity contribution in [2.45, 2.75) is 46.0 Å². The molecule has 1 saturated heterocycles. The Hall–Kier alpha value is -3.54. The topological polar surface area (TPSA) is 111 Å². The number of aromatic nitrogens is 2. The first kappa shape index (κ1) is 28.0. The molecule has 5 rings (SSSR count). The molecule has 0 spiro atoms. The van der Waals surface area contributed by atoms with Gasteiger partial charge in [0.1, 0.15) is 11.8 Å². The van der Waals surface area contributed by atoms with Gasteiger partial charge in [-0.25, -0.2) is 0 Å². The summed E-state index contributed by atoms with van der Waals surface area (Å²) in [6.45, 7) is 10.3. The lowest BCUT2D eigenvalue weighted by Crippen LogP contribution is -2.50. The van der Waals surface area contributed by atoms with Crippen LogP contribution < -0.4 is 4.74 Å². The van der Waals surface area contributed by atoms with Crippen molar-refractivity contribution in [1.29, 1.82) is 5.26 Å². The Morgan fingerprint density at radius 2 is 1.80 bits per heavy atom. The van der Waals surface area contributed by atoms with Crippen LogP contribution in [0.25, 0.3) is 33.6 Å². The smallest absolute Gasteiger partial charge is 0.336 e. The van der Waals surface area contributed by atoms with Crippen LogP contribution in [0.15, 0.2) is 59.1 Å². The highest BCUT2D eigenvalue weighted by Crippen LogP contribution is 2.56. The monoisotopic (exact) mass is 560 g/mol. The molecule has 3 aromatic carbocycles. The van der Waals surface area contributed by atoms with Crippen molar-refractivity contribution in [1.82, 2.24) is 15.0 Å². The summed E-state index contributed by atoms with van der Waals surface area (Å²) in [5, 5.41) is 16.0. The highest BCUT2D eigenvalue weighted by atomic mass is 31.2. The van der Waals surface area contributed by atoms with Crippen molar-refractivity contribution in [3.05, 3.63) is 65.7 Å². The molecule has 0 amide bonds. The van der Waals surface area contributed by atoms with Crippen LogP contribution in [0.5, 0.6) is 5.75 Å². The van der Waals surface area contributed by atoms with Gasteiger partial charge in [0, 0.05) is 30.8 Å². The van der Waals surface area contributed by atoms with E-state index in [-0.39, 0.29) is 11.8 Å². The highest BCUT2D eigenvalue weighted by molar-refractivity contribution is 7.54. The summed E-state index contributed by atoms with van der Waals surface area (Å²) in [6, 6.07) is 19.7. The van der Waals surface area contributed by atoms with Crippen LogP contribution >= 0.6 is 7.60 Å². The second-order valence-electron chi connectivity index (χ2n) is 9.95. The summed E-state index contributed by atoms with van der Waals surface area (Å²) in [7, 11) is -3.09. The van der Waals surface area contributed by atoms with E-state index >= 15 is 0 Å². The van der Waals surface area contributed by atoms with E-state index in [0.29, 0.717) is 54.9 Å². The van der Waals surface area contributed by atoms with E-state index in [0.717, 1.165) is 28.4 Å². The van der Waals surface area contributed by atoms with E-state index < -0.39 is 7.60 Å². The molecule has 1 aliphatic heterocycles. The lowest BCUT2D eigenvalue weighted by molar-refractivity contribution is 0.134. The first-order valence-electron chi connectivity index (χ1n) is 13.5. The normalized spacial score (nSPS) is 14.4. The second kappa shape index (κ2) is 11.9. The van der Waals surface area contributed by atoms with Crippen LogP contribution in [0, 0.1) is 11.3 Å². The van der Waals surface area contributed by atoms with E-state index in [2.05, 4.69) is 33.2 Å². The van der Waals surface area contributed by atoms with Crippen molar-refractivity contribution >= 4 is 18.4 Å². The third kappa shape index (κ3) is 5.67. The van der Waals surface area contributed by atoms with Gasteiger partial charge in [-0.15, -0.1) is 0 Å². The van der Waals surface area contributed by atoms with Crippen LogP contribution in [0.3, 0.4) is 0 Å². The van der Waals surface area contributed by atoms with Crippen molar-refractivity contribution in [2.75, 3.05) is 26.3 Å². The number of nitriles is 1. The number of nitrogens with zero attached hydrogens (tertiary/aromatic N) is 4. The van der Waals surface area contributed by atoms with Gasteiger partial charge in [0.05, 0.1) is 30.5 Å². The Morgan fingerprint density at radius 3 is 2.48 bits per heavy atom. The number of hydrogen-bond donors (Lipinski definition) is 0. The fraction of sp³-hybridized carbons (Fsp3) is 0.367. The number of ether oxygens (including phenoxy) is 1. The molecule has 10 heteroatoms. The molecule has 0 aliphatic carbocycles. The van der Waals surface area contributed by atoms with Gasteiger partial charge in [0.2, 0.25) is 5.82 Å². The fourth-order valence-corrected chi connectivity index (χ4v) is 7.05. The molecule has 1 aromatic heterocycles. The van der Waals surface area contributed by atoms with E-state index in [1.165, 1.54) is 0 Å². The molecule has 4 aromatic rings. The lowest BCUT2D eigenvalue weighted by Gasteiger charge is -2.42. The number of hydrogen-bond acceptors (Lipinski definition) is 9. The third-order valence-corrected chi connectivity index (χ3v) is 9.25. The zero-order chi connectivity index (χ0) is 28.3. The van der Waals surface area contributed by atoms with Gasteiger partial charge in [-0.05, 0) is 62.2 Å². The summed E-state index contributed by atoms with van der Waals surface area (Å²) >= 11 is 0. The predicted molar refractivity (Wildman–Crippen MR) is 153 cm³/mol. The molecule has 1 fully saturated rings. The van der Waals surface area contributed by atoms with Crippen LogP contribution in [0.4, 0.5) is 0 Å². The predicted octanol–water partition coefficient (Wildman–Crippen LogP) is 6.67. The van der Waals surface area contributed by atoms with Gasteiger partial charge in [-0.1, -0.05) is 41.6 Å². The van der Waals surface area contributed by atoms with Gasteiger partial charge in [-0.2, -0.15) is 10.2 Å². The molecule has 0 saturated carbocycles. The minimum Gasteiger partial charge on any atom is -0.490 e. The van der Waals surface area contributed by atoms with E-state index in [9.17, 15) is 9.83 Å². The maximum atomic E-state index is 13.1. The summed E-state index contributed by atoms with van der Waals surface area (Å²) in [5.41, 5.74) is 2.96. The maximum absolute atomic E-state index is 13.1. The molecule has 0 bridgehead atoms. The molecule has 9 nitrogen and oxygen atoms in total. The van der Waals surface area contributed by atoms with Gasteiger partial charge < -0.3 is 18.3 Å². The van der Waals surface area contributed by atoms with Gasteiger partial charge >= 0.3 is 7.60 Å². The fourth-order valence-electron chi connectivity index (χ4n) is 4.97. The average Bonchev–Trinajstić information content (AvgIpc) is 3.40. The minimum atomic E-state index is -3.09. The van der Waals surface area contributed by atoms with Crippen LogP contribution in [0.2, 0.25) is 0 Å². The summed E-state index contributed by atoms with van der Waals surface area (Å²) in [6.07, 6.45) is -0.0430. The van der Waals surface area contributed by atoms with Crippen LogP contribution in [0.1, 0.15) is 38.8 Å². The zero-order valence-corrected chi connectivity index (χ0v) is 24.1. The first-order valence-corrected chi connectivity index (χ1v) is 15.1. The number of fused-ring (bicyclic) bond motifs is 1. The highest BCUT2D eigenvalue weighted by Gasteiger charge is 2.43. The number of rotatable bonds is 11. The largest absolute Gasteiger partial charge is 0.490 e.